The Balaban J connectivity index is 2.28. The third-order valence-corrected chi connectivity index (χ3v) is 5.72. The summed E-state index contributed by atoms with van der Waals surface area (Å²) in [6.45, 7) is 11.1. The predicted octanol–water partition coefficient (Wildman–Crippen LogP) is 3.05. The van der Waals surface area contributed by atoms with E-state index in [4.69, 9.17) is 4.99 Å². The lowest BCUT2D eigenvalue weighted by Gasteiger charge is -2.38. The van der Waals surface area contributed by atoms with Crippen LogP contribution in [0, 0.1) is 17.2 Å². The number of nitriles is 1. The second-order valence-electron chi connectivity index (χ2n) is 9.00. The van der Waals surface area contributed by atoms with Crippen LogP contribution in [0.2, 0.25) is 0 Å². The van der Waals surface area contributed by atoms with Gasteiger partial charge in [0, 0.05) is 25.2 Å². The average Bonchev–Trinajstić information content (AvgIpc) is 2.80. The Morgan fingerprint density at radius 1 is 1.18 bits per heavy atom. The molecule has 0 saturated carbocycles. The minimum Gasteiger partial charge on any atom is -0.338 e. The first kappa shape index (κ1) is 26.3. The fraction of sp³-hybridized carbons (Fsp3) is 0.600. The summed E-state index contributed by atoms with van der Waals surface area (Å²) < 4.78 is 0. The molecule has 33 heavy (non-hydrogen) atoms. The number of nitrogens with zero attached hydrogens (tertiary/aromatic N) is 3. The summed E-state index contributed by atoms with van der Waals surface area (Å²) in [4.78, 5) is 32.7. The summed E-state index contributed by atoms with van der Waals surface area (Å²) in [6.07, 6.45) is 2.76. The zero-order valence-corrected chi connectivity index (χ0v) is 20.4. The third-order valence-electron chi connectivity index (χ3n) is 5.72. The van der Waals surface area contributed by atoms with Gasteiger partial charge in [-0.1, -0.05) is 51.1 Å². The fourth-order valence-corrected chi connectivity index (χ4v) is 3.97. The molecule has 1 saturated heterocycles. The standard InChI is InChI=1S/C25H38N6O2/c1-5-14-31-15-12-25(18-26,13-16-31)30-23(32)21(17-19(3)4)28-22(29-24(33)27-6-2)20-10-8-7-9-11-20/h7-11,19,21H,5-6,12-17H2,1-4H3,(H,30,32)(H2,27,28,29,33). The molecule has 8 heteroatoms. The van der Waals surface area contributed by atoms with Crippen molar-refractivity contribution in [3.05, 3.63) is 35.9 Å². The van der Waals surface area contributed by atoms with Crippen molar-refractivity contribution in [1.82, 2.24) is 20.9 Å². The Hall–Kier alpha value is -2.92. The quantitative estimate of drug-likeness (QED) is 0.393. The number of likely N-dealkylation sites (tertiary alicyclic amines) is 1. The number of carbonyl (C=O) groups is 2. The van der Waals surface area contributed by atoms with Gasteiger partial charge in [-0.15, -0.1) is 0 Å². The van der Waals surface area contributed by atoms with Gasteiger partial charge in [0.25, 0.3) is 0 Å². The largest absolute Gasteiger partial charge is 0.338 e. The van der Waals surface area contributed by atoms with E-state index in [0.717, 1.165) is 26.1 Å². The minimum atomic E-state index is -0.883. The monoisotopic (exact) mass is 454 g/mol. The van der Waals surface area contributed by atoms with E-state index >= 15 is 0 Å². The molecule has 1 fully saturated rings. The molecule has 180 valence electrons. The zero-order valence-electron chi connectivity index (χ0n) is 20.4. The number of benzene rings is 1. The Bertz CT molecular complexity index is 838. The Labute approximate surface area is 197 Å². The SMILES string of the molecule is CCCN1CCC(C#N)(NC(=O)C(CC(C)C)N=C(NC(=O)NCC)c2ccccc2)CC1. The van der Waals surface area contributed by atoms with Crippen molar-refractivity contribution in [2.24, 2.45) is 10.9 Å². The minimum absolute atomic E-state index is 0.204. The summed E-state index contributed by atoms with van der Waals surface area (Å²) in [5.41, 5.74) is -0.167. The van der Waals surface area contributed by atoms with Gasteiger partial charge in [0.05, 0.1) is 6.07 Å². The van der Waals surface area contributed by atoms with Crippen LogP contribution in [-0.2, 0) is 4.79 Å². The molecule has 1 aliphatic rings. The molecule has 3 amide bonds. The fourth-order valence-electron chi connectivity index (χ4n) is 3.97. The molecule has 0 radical (unpaired) electrons. The molecule has 3 N–H and O–H groups in total. The summed E-state index contributed by atoms with van der Waals surface area (Å²) in [5, 5.41) is 18.4. The summed E-state index contributed by atoms with van der Waals surface area (Å²) in [7, 11) is 0. The number of amidine groups is 1. The molecule has 2 rings (SSSR count). The maximum absolute atomic E-state index is 13.4. The van der Waals surface area contributed by atoms with Crippen molar-refractivity contribution in [3.63, 3.8) is 0 Å². The molecule has 0 aliphatic carbocycles. The summed E-state index contributed by atoms with van der Waals surface area (Å²) in [5.74, 6) is 0.266. The van der Waals surface area contributed by atoms with Crippen molar-refractivity contribution in [1.29, 1.82) is 5.26 Å². The van der Waals surface area contributed by atoms with Gasteiger partial charge in [0.1, 0.15) is 17.4 Å². The normalized spacial score (nSPS) is 17.2. The number of nitrogens with one attached hydrogen (secondary N) is 3. The topological polar surface area (TPSA) is 110 Å². The molecule has 1 heterocycles. The number of amides is 3. The molecular weight excluding hydrogens is 416 g/mol. The van der Waals surface area contributed by atoms with E-state index in [9.17, 15) is 14.9 Å². The van der Waals surface area contributed by atoms with Crippen LogP contribution in [0.1, 0.15) is 58.9 Å². The number of urea groups is 1. The molecule has 0 spiro atoms. The molecule has 1 aromatic carbocycles. The molecule has 1 aliphatic heterocycles. The highest BCUT2D eigenvalue weighted by Gasteiger charge is 2.37. The third kappa shape index (κ3) is 8.17. The lowest BCUT2D eigenvalue weighted by Crippen LogP contribution is -2.56. The van der Waals surface area contributed by atoms with Gasteiger partial charge in [0.2, 0.25) is 5.91 Å². The van der Waals surface area contributed by atoms with Crippen molar-refractivity contribution in [2.45, 2.75) is 65.0 Å². The highest BCUT2D eigenvalue weighted by molar-refractivity contribution is 6.08. The van der Waals surface area contributed by atoms with Gasteiger partial charge in [0.15, 0.2) is 0 Å². The Morgan fingerprint density at radius 3 is 2.39 bits per heavy atom. The van der Waals surface area contributed by atoms with Gasteiger partial charge in [-0.3, -0.25) is 15.1 Å². The average molecular weight is 455 g/mol. The van der Waals surface area contributed by atoms with Gasteiger partial charge in [-0.25, -0.2) is 4.79 Å². The molecule has 1 unspecified atom stereocenters. The van der Waals surface area contributed by atoms with Crippen molar-refractivity contribution in [2.75, 3.05) is 26.2 Å². The highest BCUT2D eigenvalue weighted by Crippen LogP contribution is 2.23. The van der Waals surface area contributed by atoms with E-state index in [2.05, 4.69) is 33.8 Å². The van der Waals surface area contributed by atoms with Crippen molar-refractivity contribution < 1.29 is 9.59 Å². The molecule has 1 atom stereocenters. The first-order valence-corrected chi connectivity index (χ1v) is 12.0. The molecule has 0 aromatic heterocycles. The first-order valence-electron chi connectivity index (χ1n) is 12.0. The Morgan fingerprint density at radius 2 is 1.85 bits per heavy atom. The molecular formula is C25H38N6O2. The Kier molecular flexibility index (Phi) is 10.3. The van der Waals surface area contributed by atoms with Crippen LogP contribution < -0.4 is 16.0 Å². The summed E-state index contributed by atoms with van der Waals surface area (Å²) in [6, 6.07) is 10.6. The smallest absolute Gasteiger partial charge is 0.320 e. The van der Waals surface area contributed by atoms with Crippen LogP contribution in [0.25, 0.3) is 0 Å². The summed E-state index contributed by atoms with van der Waals surface area (Å²) >= 11 is 0. The molecule has 8 nitrogen and oxygen atoms in total. The van der Waals surface area contributed by atoms with E-state index in [1.54, 1.807) is 0 Å². The van der Waals surface area contributed by atoms with E-state index < -0.39 is 11.6 Å². The number of hydrogen-bond acceptors (Lipinski definition) is 5. The zero-order chi connectivity index (χ0) is 24.3. The number of piperidine rings is 1. The number of rotatable bonds is 9. The second kappa shape index (κ2) is 12.9. The van der Waals surface area contributed by atoms with Crippen LogP contribution in [0.5, 0.6) is 0 Å². The second-order valence-corrected chi connectivity index (χ2v) is 9.00. The van der Waals surface area contributed by atoms with Crippen LogP contribution in [-0.4, -0.2) is 60.4 Å². The van der Waals surface area contributed by atoms with E-state index in [1.807, 2.05) is 51.1 Å². The number of carbonyl (C=O) groups excluding carboxylic acids is 2. The van der Waals surface area contributed by atoms with E-state index in [0.29, 0.717) is 37.2 Å². The van der Waals surface area contributed by atoms with Crippen LogP contribution in [0.15, 0.2) is 35.3 Å². The predicted molar refractivity (Wildman–Crippen MR) is 131 cm³/mol. The maximum atomic E-state index is 13.4. The first-order chi connectivity index (χ1) is 15.8. The van der Waals surface area contributed by atoms with Gasteiger partial charge in [-0.05, 0) is 45.1 Å². The highest BCUT2D eigenvalue weighted by atomic mass is 16.2. The lowest BCUT2D eigenvalue weighted by atomic mass is 9.88. The molecule has 1 aromatic rings. The van der Waals surface area contributed by atoms with Gasteiger partial charge >= 0.3 is 6.03 Å². The van der Waals surface area contributed by atoms with Gasteiger partial charge in [-0.2, -0.15) is 5.26 Å². The van der Waals surface area contributed by atoms with Crippen LogP contribution in [0.4, 0.5) is 4.79 Å². The van der Waals surface area contributed by atoms with Crippen LogP contribution >= 0.6 is 0 Å². The lowest BCUT2D eigenvalue weighted by molar-refractivity contribution is -0.124. The van der Waals surface area contributed by atoms with Gasteiger partial charge < -0.3 is 15.5 Å². The van der Waals surface area contributed by atoms with Crippen molar-refractivity contribution >= 4 is 17.8 Å². The number of hydrogen-bond donors (Lipinski definition) is 3. The number of aliphatic imine (C=N–C) groups is 1. The van der Waals surface area contributed by atoms with E-state index in [1.165, 1.54) is 0 Å². The maximum Gasteiger partial charge on any atom is 0.320 e. The molecule has 0 bridgehead atoms. The van der Waals surface area contributed by atoms with Crippen molar-refractivity contribution in [3.8, 4) is 6.07 Å². The van der Waals surface area contributed by atoms with E-state index in [-0.39, 0.29) is 17.9 Å². The van der Waals surface area contributed by atoms with Crippen LogP contribution in [0.3, 0.4) is 0 Å².